The van der Waals surface area contributed by atoms with Gasteiger partial charge in [0.25, 0.3) is 0 Å². The highest BCUT2D eigenvalue weighted by Gasteiger charge is 2.29. The molecule has 0 bridgehead atoms. The minimum absolute atomic E-state index is 0.118. The Balaban J connectivity index is 1.68. The molecule has 3 rings (SSSR count). The van der Waals surface area contributed by atoms with Crippen LogP contribution in [0.3, 0.4) is 0 Å². The molecule has 3 unspecified atom stereocenters. The predicted molar refractivity (Wildman–Crippen MR) is 80.4 cm³/mol. The molecule has 0 spiro atoms. The lowest BCUT2D eigenvalue weighted by Crippen LogP contribution is -2.46. The Morgan fingerprint density at radius 1 is 1.30 bits per heavy atom. The van der Waals surface area contributed by atoms with E-state index in [0.717, 1.165) is 13.0 Å². The number of hydrogen-bond acceptors (Lipinski definition) is 2. The van der Waals surface area contributed by atoms with Gasteiger partial charge < -0.3 is 11.1 Å². The fourth-order valence-electron chi connectivity index (χ4n) is 3.93. The average Bonchev–Trinajstić information content (AvgIpc) is 2.48. The van der Waals surface area contributed by atoms with Gasteiger partial charge in [0.2, 0.25) is 5.91 Å². The van der Waals surface area contributed by atoms with Crippen molar-refractivity contribution in [3.05, 3.63) is 35.4 Å². The molecule has 1 aromatic carbocycles. The first-order valence-electron chi connectivity index (χ1n) is 7.84. The molecule has 0 radical (unpaired) electrons. The molecule has 1 amide bonds. The fraction of sp³-hybridized carbons (Fsp3) is 0.588. The van der Waals surface area contributed by atoms with E-state index in [4.69, 9.17) is 5.73 Å². The van der Waals surface area contributed by atoms with Crippen molar-refractivity contribution in [3.8, 4) is 0 Å². The van der Waals surface area contributed by atoms with Crippen molar-refractivity contribution in [1.82, 2.24) is 5.32 Å². The molecule has 1 fully saturated rings. The molecule has 20 heavy (non-hydrogen) atoms. The third-order valence-electron chi connectivity index (χ3n) is 4.97. The zero-order valence-electron chi connectivity index (χ0n) is 12.0. The molecule has 2 aliphatic rings. The van der Waals surface area contributed by atoms with Crippen LogP contribution in [0.25, 0.3) is 0 Å². The Bertz CT molecular complexity index is 486. The van der Waals surface area contributed by atoms with Crippen molar-refractivity contribution in [2.45, 2.75) is 50.5 Å². The Morgan fingerprint density at radius 3 is 3.00 bits per heavy atom. The van der Waals surface area contributed by atoms with Gasteiger partial charge in [-0.2, -0.15) is 0 Å². The van der Waals surface area contributed by atoms with Crippen LogP contribution in [0.2, 0.25) is 0 Å². The standard InChI is InChI=1S/C17H24N2O/c18-17(20)16-11-12(8-9-19-16)10-14-6-3-5-13-4-1-2-7-15(13)14/h1-2,4,7,12,14,16,19H,3,5-6,8-11H2,(H2,18,20). The first kappa shape index (κ1) is 13.6. The Labute approximate surface area is 120 Å². The van der Waals surface area contributed by atoms with E-state index >= 15 is 0 Å². The van der Waals surface area contributed by atoms with Crippen molar-refractivity contribution in [3.63, 3.8) is 0 Å². The van der Waals surface area contributed by atoms with Gasteiger partial charge in [-0.3, -0.25) is 4.79 Å². The number of hydrogen-bond donors (Lipinski definition) is 2. The first-order valence-corrected chi connectivity index (χ1v) is 7.84. The van der Waals surface area contributed by atoms with E-state index in [0.29, 0.717) is 11.8 Å². The van der Waals surface area contributed by atoms with Gasteiger partial charge >= 0.3 is 0 Å². The van der Waals surface area contributed by atoms with Crippen LogP contribution < -0.4 is 11.1 Å². The van der Waals surface area contributed by atoms with Gasteiger partial charge in [0.15, 0.2) is 0 Å². The number of carbonyl (C=O) groups excluding carboxylic acids is 1. The van der Waals surface area contributed by atoms with E-state index in [2.05, 4.69) is 29.6 Å². The van der Waals surface area contributed by atoms with Crippen molar-refractivity contribution in [1.29, 1.82) is 0 Å². The molecule has 1 aliphatic carbocycles. The zero-order valence-corrected chi connectivity index (χ0v) is 12.0. The van der Waals surface area contributed by atoms with Gasteiger partial charge in [-0.25, -0.2) is 0 Å². The maximum absolute atomic E-state index is 11.4. The SMILES string of the molecule is NC(=O)C1CC(CC2CCCc3ccccc32)CCN1. The summed E-state index contributed by atoms with van der Waals surface area (Å²) in [7, 11) is 0. The van der Waals surface area contributed by atoms with E-state index < -0.39 is 0 Å². The van der Waals surface area contributed by atoms with Crippen LogP contribution in [0.4, 0.5) is 0 Å². The van der Waals surface area contributed by atoms with Crippen LogP contribution in [0.1, 0.15) is 49.1 Å². The zero-order chi connectivity index (χ0) is 13.9. The minimum Gasteiger partial charge on any atom is -0.368 e. The summed E-state index contributed by atoms with van der Waals surface area (Å²) in [6, 6.07) is 8.76. The third-order valence-corrected chi connectivity index (χ3v) is 4.97. The highest BCUT2D eigenvalue weighted by atomic mass is 16.1. The number of rotatable bonds is 3. The van der Waals surface area contributed by atoms with Crippen LogP contribution in [0.5, 0.6) is 0 Å². The van der Waals surface area contributed by atoms with Crippen LogP contribution in [-0.2, 0) is 11.2 Å². The number of fused-ring (bicyclic) bond motifs is 1. The third kappa shape index (κ3) is 2.88. The van der Waals surface area contributed by atoms with E-state index in [1.165, 1.54) is 37.7 Å². The molecule has 3 N–H and O–H groups in total. The summed E-state index contributed by atoms with van der Waals surface area (Å²) in [5, 5.41) is 3.23. The number of carbonyl (C=O) groups is 1. The number of primary amides is 1. The molecule has 1 aliphatic heterocycles. The van der Waals surface area contributed by atoms with Gasteiger partial charge in [0.1, 0.15) is 0 Å². The molecule has 1 aromatic rings. The number of amides is 1. The molecule has 3 atom stereocenters. The summed E-state index contributed by atoms with van der Waals surface area (Å²) in [5.41, 5.74) is 8.52. The van der Waals surface area contributed by atoms with E-state index in [1.807, 2.05) is 0 Å². The van der Waals surface area contributed by atoms with Crippen molar-refractivity contribution >= 4 is 5.91 Å². The highest BCUT2D eigenvalue weighted by Crippen LogP contribution is 2.38. The van der Waals surface area contributed by atoms with Gasteiger partial charge in [0.05, 0.1) is 6.04 Å². The molecule has 108 valence electrons. The number of nitrogens with two attached hydrogens (primary N) is 1. The normalized spacial score (nSPS) is 29.7. The molecule has 0 aromatic heterocycles. The van der Waals surface area contributed by atoms with Crippen molar-refractivity contribution < 1.29 is 4.79 Å². The topological polar surface area (TPSA) is 55.1 Å². The highest BCUT2D eigenvalue weighted by molar-refractivity contribution is 5.79. The number of piperidine rings is 1. The maximum atomic E-state index is 11.4. The molecule has 1 heterocycles. The lowest BCUT2D eigenvalue weighted by molar-refractivity contribution is -0.120. The summed E-state index contributed by atoms with van der Waals surface area (Å²) in [4.78, 5) is 11.4. The first-order chi connectivity index (χ1) is 9.74. The number of benzene rings is 1. The van der Waals surface area contributed by atoms with Crippen molar-refractivity contribution in [2.75, 3.05) is 6.54 Å². The van der Waals surface area contributed by atoms with Crippen LogP contribution in [-0.4, -0.2) is 18.5 Å². The van der Waals surface area contributed by atoms with Gasteiger partial charge in [-0.05, 0) is 68.0 Å². The van der Waals surface area contributed by atoms with Crippen molar-refractivity contribution in [2.24, 2.45) is 11.7 Å². The Morgan fingerprint density at radius 2 is 2.15 bits per heavy atom. The predicted octanol–water partition coefficient (Wildman–Crippen LogP) is 2.35. The average molecular weight is 272 g/mol. The molecule has 3 nitrogen and oxygen atoms in total. The molecule has 1 saturated heterocycles. The summed E-state index contributed by atoms with van der Waals surface area (Å²) < 4.78 is 0. The molecule has 3 heteroatoms. The molecular formula is C17H24N2O. The quantitative estimate of drug-likeness (QED) is 0.887. The maximum Gasteiger partial charge on any atom is 0.234 e. The lowest BCUT2D eigenvalue weighted by Gasteiger charge is -2.33. The minimum atomic E-state index is -0.196. The summed E-state index contributed by atoms with van der Waals surface area (Å²) in [5.74, 6) is 1.11. The van der Waals surface area contributed by atoms with E-state index in [1.54, 1.807) is 5.56 Å². The fourth-order valence-corrected chi connectivity index (χ4v) is 3.93. The monoisotopic (exact) mass is 272 g/mol. The summed E-state index contributed by atoms with van der Waals surface area (Å²) in [6.07, 6.45) is 7.11. The number of aryl methyl sites for hydroxylation is 1. The van der Waals surface area contributed by atoms with Crippen LogP contribution >= 0.6 is 0 Å². The van der Waals surface area contributed by atoms with Gasteiger partial charge in [-0.15, -0.1) is 0 Å². The van der Waals surface area contributed by atoms with Gasteiger partial charge in [0, 0.05) is 0 Å². The van der Waals surface area contributed by atoms with E-state index in [9.17, 15) is 4.79 Å². The van der Waals surface area contributed by atoms with Crippen LogP contribution in [0, 0.1) is 5.92 Å². The van der Waals surface area contributed by atoms with Crippen LogP contribution in [0.15, 0.2) is 24.3 Å². The lowest BCUT2D eigenvalue weighted by atomic mass is 9.75. The Hall–Kier alpha value is -1.35. The summed E-state index contributed by atoms with van der Waals surface area (Å²) >= 11 is 0. The molecule has 0 saturated carbocycles. The summed E-state index contributed by atoms with van der Waals surface area (Å²) in [6.45, 7) is 0.923. The largest absolute Gasteiger partial charge is 0.368 e. The van der Waals surface area contributed by atoms with Gasteiger partial charge in [-0.1, -0.05) is 24.3 Å². The van der Waals surface area contributed by atoms with E-state index in [-0.39, 0.29) is 11.9 Å². The smallest absolute Gasteiger partial charge is 0.234 e. The number of nitrogens with one attached hydrogen (secondary N) is 1. The second-order valence-electron chi connectivity index (χ2n) is 6.32. The molecular weight excluding hydrogens is 248 g/mol. The Kier molecular flexibility index (Phi) is 4.06. The second kappa shape index (κ2) is 5.96. The second-order valence-corrected chi connectivity index (χ2v) is 6.32.